The van der Waals surface area contributed by atoms with Crippen LogP contribution in [0.2, 0.25) is 0 Å². The Labute approximate surface area is 169 Å². The first-order valence-corrected chi connectivity index (χ1v) is 9.72. The number of ether oxygens (including phenoxy) is 2. The fourth-order valence-corrected chi connectivity index (χ4v) is 3.50. The second-order valence-electron chi connectivity index (χ2n) is 7.20. The molecular weight excluding hydrogens is 374 g/mol. The van der Waals surface area contributed by atoms with Gasteiger partial charge in [-0.2, -0.15) is 0 Å². The van der Waals surface area contributed by atoms with Crippen molar-refractivity contribution in [3.05, 3.63) is 59.9 Å². The van der Waals surface area contributed by atoms with E-state index in [1.54, 1.807) is 26.0 Å². The van der Waals surface area contributed by atoms with Crippen LogP contribution in [0, 0.1) is 5.92 Å². The Bertz CT molecular complexity index is 831. The van der Waals surface area contributed by atoms with Gasteiger partial charge in [-0.3, -0.25) is 9.59 Å². The number of benzene rings is 1. The Hall–Kier alpha value is -2.93. The van der Waals surface area contributed by atoms with E-state index in [1.807, 2.05) is 30.3 Å². The third-order valence-electron chi connectivity index (χ3n) is 5.14. The maximum Gasteiger partial charge on any atom is 0.417 e. The van der Waals surface area contributed by atoms with E-state index in [-0.39, 0.29) is 12.4 Å². The van der Waals surface area contributed by atoms with E-state index in [0.717, 1.165) is 10.5 Å². The van der Waals surface area contributed by atoms with Gasteiger partial charge in [0.2, 0.25) is 5.91 Å². The van der Waals surface area contributed by atoms with Crippen molar-refractivity contribution < 1.29 is 29.0 Å². The summed E-state index contributed by atoms with van der Waals surface area (Å²) in [6.45, 7) is 3.38. The van der Waals surface area contributed by atoms with Gasteiger partial charge in [0, 0.05) is 6.61 Å². The number of hydrogen-bond donors (Lipinski definition) is 1. The molecule has 2 amide bonds. The van der Waals surface area contributed by atoms with Gasteiger partial charge < -0.3 is 14.6 Å². The van der Waals surface area contributed by atoms with Crippen molar-refractivity contribution in [3.8, 4) is 0 Å². The molecule has 1 fully saturated rings. The molecule has 7 heteroatoms. The van der Waals surface area contributed by atoms with Crippen LogP contribution in [-0.2, 0) is 19.1 Å². The molecule has 1 aromatic carbocycles. The molecule has 29 heavy (non-hydrogen) atoms. The second-order valence-corrected chi connectivity index (χ2v) is 7.20. The summed E-state index contributed by atoms with van der Waals surface area (Å²) in [5, 5.41) is 8.89. The number of aliphatic hydroxyl groups excluding tert-OH is 1. The van der Waals surface area contributed by atoms with E-state index < -0.39 is 36.2 Å². The van der Waals surface area contributed by atoms with Crippen LogP contribution < -0.4 is 0 Å². The Balaban J connectivity index is 1.74. The maximum absolute atomic E-state index is 13.1. The minimum absolute atomic E-state index is 0.0578. The van der Waals surface area contributed by atoms with E-state index in [0.29, 0.717) is 18.6 Å². The van der Waals surface area contributed by atoms with Gasteiger partial charge in [0.05, 0.1) is 12.0 Å². The lowest BCUT2D eigenvalue weighted by molar-refractivity contribution is -0.142. The highest BCUT2D eigenvalue weighted by Gasteiger charge is 2.47. The Morgan fingerprint density at radius 1 is 1.21 bits per heavy atom. The third-order valence-corrected chi connectivity index (χ3v) is 5.14. The molecule has 1 N–H and O–H groups in total. The zero-order valence-corrected chi connectivity index (χ0v) is 16.5. The number of imide groups is 1. The van der Waals surface area contributed by atoms with Crippen LogP contribution in [0.3, 0.4) is 0 Å². The summed E-state index contributed by atoms with van der Waals surface area (Å²) < 4.78 is 11.1. The van der Waals surface area contributed by atoms with Gasteiger partial charge in [0.1, 0.15) is 11.9 Å². The molecule has 1 saturated heterocycles. The number of carbonyl (C=O) groups excluding carboxylic acids is 3. The van der Waals surface area contributed by atoms with Crippen LogP contribution in [0.4, 0.5) is 4.79 Å². The number of hydrogen-bond acceptors (Lipinski definition) is 6. The topological polar surface area (TPSA) is 93.1 Å². The summed E-state index contributed by atoms with van der Waals surface area (Å²) in [6, 6.07) is 8.72. The molecule has 0 aliphatic carbocycles. The highest BCUT2D eigenvalue weighted by molar-refractivity contribution is 6.01. The molecule has 2 heterocycles. The molecule has 154 valence electrons. The van der Waals surface area contributed by atoms with Gasteiger partial charge in [-0.25, -0.2) is 9.69 Å². The van der Waals surface area contributed by atoms with Gasteiger partial charge >= 0.3 is 6.09 Å². The van der Waals surface area contributed by atoms with Gasteiger partial charge in [-0.05, 0) is 50.5 Å². The maximum atomic E-state index is 13.1. The van der Waals surface area contributed by atoms with Crippen LogP contribution in [0.25, 0.3) is 0 Å². The van der Waals surface area contributed by atoms with E-state index in [4.69, 9.17) is 14.6 Å². The first kappa shape index (κ1) is 20.8. The summed E-state index contributed by atoms with van der Waals surface area (Å²) in [4.78, 5) is 38.9. The van der Waals surface area contributed by atoms with E-state index >= 15 is 0 Å². The largest absolute Gasteiger partial charge is 0.482 e. The van der Waals surface area contributed by atoms with E-state index in [1.165, 1.54) is 6.08 Å². The van der Waals surface area contributed by atoms with Crippen molar-refractivity contribution in [2.75, 3.05) is 6.61 Å². The van der Waals surface area contributed by atoms with Gasteiger partial charge in [0.25, 0.3) is 0 Å². The highest BCUT2D eigenvalue weighted by atomic mass is 16.6. The normalized spacial score (nSPS) is 26.4. The number of nitrogens with zero attached hydrogens (tertiary/aromatic N) is 1. The first-order chi connectivity index (χ1) is 13.9. The lowest BCUT2D eigenvalue weighted by Gasteiger charge is -2.28. The highest BCUT2D eigenvalue weighted by Crippen LogP contribution is 2.34. The predicted molar refractivity (Wildman–Crippen MR) is 105 cm³/mol. The van der Waals surface area contributed by atoms with Crippen molar-refractivity contribution in [1.29, 1.82) is 0 Å². The average molecular weight is 399 g/mol. The van der Waals surface area contributed by atoms with Crippen molar-refractivity contribution in [2.45, 2.75) is 44.9 Å². The van der Waals surface area contributed by atoms with Crippen LogP contribution >= 0.6 is 0 Å². The number of cyclic esters (lactones) is 1. The molecule has 7 nitrogen and oxygen atoms in total. The summed E-state index contributed by atoms with van der Waals surface area (Å²) in [7, 11) is 0. The zero-order chi connectivity index (χ0) is 21.0. The molecule has 0 radical (unpaired) electrons. The molecule has 0 saturated carbocycles. The van der Waals surface area contributed by atoms with Crippen molar-refractivity contribution in [1.82, 2.24) is 4.90 Å². The predicted octanol–water partition coefficient (Wildman–Crippen LogP) is 2.91. The molecule has 0 aromatic heterocycles. The summed E-state index contributed by atoms with van der Waals surface area (Å²) in [5.74, 6) is -1.23. The fourth-order valence-electron chi connectivity index (χ4n) is 3.50. The average Bonchev–Trinajstić information content (AvgIpc) is 3.03. The van der Waals surface area contributed by atoms with Crippen LogP contribution in [-0.4, -0.2) is 46.5 Å². The first-order valence-electron chi connectivity index (χ1n) is 9.72. The van der Waals surface area contributed by atoms with Gasteiger partial charge in [-0.1, -0.05) is 30.3 Å². The third kappa shape index (κ3) is 4.40. The van der Waals surface area contributed by atoms with Crippen molar-refractivity contribution in [2.24, 2.45) is 5.92 Å². The van der Waals surface area contributed by atoms with Crippen LogP contribution in [0.1, 0.15) is 38.4 Å². The number of unbranched alkanes of at least 4 members (excludes halogenated alkanes) is 1. The monoisotopic (exact) mass is 399 g/mol. The molecule has 1 aromatic rings. The molecule has 2 aliphatic rings. The molecule has 0 bridgehead atoms. The van der Waals surface area contributed by atoms with Crippen molar-refractivity contribution in [3.63, 3.8) is 0 Å². The minimum atomic E-state index is -1.01. The Kier molecular flexibility index (Phi) is 6.49. The summed E-state index contributed by atoms with van der Waals surface area (Å²) in [6.07, 6.45) is 3.56. The number of aliphatic hydroxyl groups is 1. The molecule has 3 rings (SSSR count). The lowest BCUT2D eigenvalue weighted by atomic mass is 9.95. The molecule has 4 atom stereocenters. The Morgan fingerprint density at radius 3 is 2.62 bits per heavy atom. The SMILES string of the molecule is C[C@H](C(=O)N1C(=O)O[C@H](c2ccccc2)[C@@H]1C)[C@H]1OC(=CCCCO)C=CC1=O. The minimum Gasteiger partial charge on any atom is -0.482 e. The second kappa shape index (κ2) is 9.05. The zero-order valence-electron chi connectivity index (χ0n) is 16.5. The number of ketones is 1. The molecule has 0 unspecified atom stereocenters. The van der Waals surface area contributed by atoms with E-state index in [2.05, 4.69) is 0 Å². The summed E-state index contributed by atoms with van der Waals surface area (Å²) >= 11 is 0. The standard InChI is InChI=1S/C22H25NO6/c1-14(19-18(25)12-11-17(28-19)10-6-7-13-24)21(26)23-15(2)20(29-22(23)27)16-8-4-3-5-9-16/h3-5,8-12,14-15,19-20,24H,6-7,13H2,1-2H3/t14-,15-,19+,20-/m0/s1. The smallest absolute Gasteiger partial charge is 0.417 e. The van der Waals surface area contributed by atoms with Crippen LogP contribution in [0.5, 0.6) is 0 Å². The number of amides is 2. The van der Waals surface area contributed by atoms with E-state index in [9.17, 15) is 14.4 Å². The Morgan fingerprint density at radius 2 is 1.93 bits per heavy atom. The number of carbonyl (C=O) groups is 3. The molecule has 2 aliphatic heterocycles. The molecule has 0 spiro atoms. The van der Waals surface area contributed by atoms with Crippen molar-refractivity contribution >= 4 is 17.8 Å². The van der Waals surface area contributed by atoms with Crippen LogP contribution in [0.15, 0.2) is 54.3 Å². The van der Waals surface area contributed by atoms with Gasteiger partial charge in [-0.15, -0.1) is 0 Å². The van der Waals surface area contributed by atoms with Gasteiger partial charge in [0.15, 0.2) is 11.9 Å². The quantitative estimate of drug-likeness (QED) is 0.740. The fraction of sp³-hybridized carbons (Fsp3) is 0.409. The lowest BCUT2D eigenvalue weighted by Crippen LogP contribution is -2.47. The number of rotatable bonds is 6. The summed E-state index contributed by atoms with van der Waals surface area (Å²) in [5.41, 5.74) is 0.804. The molecular formula is C22H25NO6. The number of allylic oxidation sites excluding steroid dienone is 2.